The Labute approximate surface area is 107 Å². The maximum absolute atomic E-state index is 12.5. The van der Waals surface area contributed by atoms with Gasteiger partial charge in [-0.25, -0.2) is 0 Å². The third-order valence-electron chi connectivity index (χ3n) is 2.96. The van der Waals surface area contributed by atoms with Crippen LogP contribution in [0.5, 0.6) is 0 Å². The standard InChI is InChI=1S/C12H25F3N2O/c1-5-6-17(8-12(13,14)15)9(7-18)10(16)11(2,3)4/h9-10,18H,5-8,16H2,1-4H3. The van der Waals surface area contributed by atoms with Crippen LogP contribution in [0.4, 0.5) is 13.2 Å². The SMILES string of the molecule is CCCN(CC(F)(F)F)C(CO)C(N)C(C)(C)C. The summed E-state index contributed by atoms with van der Waals surface area (Å²) in [4.78, 5) is 1.23. The van der Waals surface area contributed by atoms with Crippen LogP contribution >= 0.6 is 0 Å². The Hall–Kier alpha value is -0.330. The van der Waals surface area contributed by atoms with Gasteiger partial charge in [-0.2, -0.15) is 13.2 Å². The molecule has 0 aliphatic heterocycles. The van der Waals surface area contributed by atoms with Crippen LogP contribution < -0.4 is 5.73 Å². The highest BCUT2D eigenvalue weighted by Crippen LogP contribution is 2.25. The molecule has 0 rings (SSSR count). The lowest BCUT2D eigenvalue weighted by atomic mass is 9.82. The molecule has 0 radical (unpaired) electrons. The fraction of sp³-hybridized carbons (Fsp3) is 1.00. The van der Waals surface area contributed by atoms with E-state index in [0.29, 0.717) is 6.42 Å². The van der Waals surface area contributed by atoms with Crippen molar-refractivity contribution in [3.8, 4) is 0 Å². The molecule has 0 aromatic carbocycles. The molecule has 0 bridgehead atoms. The molecule has 2 atom stereocenters. The van der Waals surface area contributed by atoms with E-state index in [1.165, 1.54) is 4.90 Å². The van der Waals surface area contributed by atoms with Crippen LogP contribution in [0.25, 0.3) is 0 Å². The molecule has 0 saturated carbocycles. The van der Waals surface area contributed by atoms with E-state index in [-0.39, 0.29) is 18.6 Å². The fourth-order valence-corrected chi connectivity index (χ4v) is 1.91. The second-order valence-corrected chi connectivity index (χ2v) is 5.73. The minimum Gasteiger partial charge on any atom is -0.395 e. The summed E-state index contributed by atoms with van der Waals surface area (Å²) in [7, 11) is 0. The van der Waals surface area contributed by atoms with Gasteiger partial charge in [-0.1, -0.05) is 27.7 Å². The number of halogens is 3. The molecular formula is C12H25F3N2O. The minimum atomic E-state index is -4.28. The summed E-state index contributed by atoms with van der Waals surface area (Å²) in [6.45, 7) is 6.26. The van der Waals surface area contributed by atoms with E-state index in [0.717, 1.165) is 0 Å². The molecule has 2 unspecified atom stereocenters. The van der Waals surface area contributed by atoms with E-state index >= 15 is 0 Å². The number of hydrogen-bond acceptors (Lipinski definition) is 3. The molecule has 3 N–H and O–H groups in total. The van der Waals surface area contributed by atoms with E-state index in [1.807, 2.05) is 20.8 Å². The highest BCUT2D eigenvalue weighted by Gasteiger charge is 2.38. The van der Waals surface area contributed by atoms with Crippen molar-refractivity contribution in [3.63, 3.8) is 0 Å². The lowest BCUT2D eigenvalue weighted by Gasteiger charge is -2.40. The summed E-state index contributed by atoms with van der Waals surface area (Å²) < 4.78 is 37.6. The first-order chi connectivity index (χ1) is 8.03. The Balaban J connectivity index is 4.93. The lowest BCUT2D eigenvalue weighted by Crippen LogP contribution is -2.57. The van der Waals surface area contributed by atoms with Crippen LogP contribution in [-0.2, 0) is 0 Å². The maximum atomic E-state index is 12.5. The molecule has 18 heavy (non-hydrogen) atoms. The van der Waals surface area contributed by atoms with Crippen molar-refractivity contribution < 1.29 is 18.3 Å². The molecule has 0 aromatic rings. The number of nitrogens with two attached hydrogens (primary N) is 1. The zero-order valence-electron chi connectivity index (χ0n) is 11.6. The highest BCUT2D eigenvalue weighted by atomic mass is 19.4. The van der Waals surface area contributed by atoms with Crippen molar-refractivity contribution >= 4 is 0 Å². The van der Waals surface area contributed by atoms with E-state index in [1.54, 1.807) is 6.92 Å². The van der Waals surface area contributed by atoms with Crippen LogP contribution in [-0.4, -0.2) is 48.0 Å². The minimum absolute atomic E-state index is 0.272. The van der Waals surface area contributed by atoms with Gasteiger partial charge in [-0.05, 0) is 18.4 Å². The van der Waals surface area contributed by atoms with Crippen molar-refractivity contribution in [2.24, 2.45) is 11.1 Å². The number of nitrogens with zero attached hydrogens (tertiary/aromatic N) is 1. The predicted octanol–water partition coefficient (Wildman–Crippen LogP) is 1.99. The summed E-state index contributed by atoms with van der Waals surface area (Å²) in [5.74, 6) is 0. The largest absolute Gasteiger partial charge is 0.401 e. The molecular weight excluding hydrogens is 245 g/mol. The first-order valence-corrected chi connectivity index (χ1v) is 6.20. The van der Waals surface area contributed by atoms with Gasteiger partial charge in [-0.15, -0.1) is 0 Å². The normalized spacial score (nSPS) is 17.0. The van der Waals surface area contributed by atoms with E-state index in [9.17, 15) is 18.3 Å². The van der Waals surface area contributed by atoms with Crippen LogP contribution in [0.15, 0.2) is 0 Å². The van der Waals surface area contributed by atoms with E-state index in [4.69, 9.17) is 5.73 Å². The molecule has 0 aliphatic rings. The molecule has 0 aliphatic carbocycles. The molecule has 3 nitrogen and oxygen atoms in total. The van der Waals surface area contributed by atoms with Gasteiger partial charge in [-0.3, -0.25) is 4.90 Å². The van der Waals surface area contributed by atoms with Gasteiger partial charge >= 0.3 is 6.18 Å². The highest BCUT2D eigenvalue weighted by molar-refractivity contribution is 4.90. The van der Waals surface area contributed by atoms with Gasteiger partial charge in [0.15, 0.2) is 0 Å². The van der Waals surface area contributed by atoms with Gasteiger partial charge < -0.3 is 10.8 Å². The van der Waals surface area contributed by atoms with Crippen LogP contribution in [0.1, 0.15) is 34.1 Å². The molecule has 0 heterocycles. The van der Waals surface area contributed by atoms with Crippen molar-refractivity contribution in [2.75, 3.05) is 19.7 Å². The quantitative estimate of drug-likeness (QED) is 0.776. The zero-order valence-corrected chi connectivity index (χ0v) is 11.6. The Morgan fingerprint density at radius 2 is 1.72 bits per heavy atom. The van der Waals surface area contributed by atoms with Crippen molar-refractivity contribution in [1.82, 2.24) is 4.90 Å². The van der Waals surface area contributed by atoms with Crippen LogP contribution in [0.3, 0.4) is 0 Å². The Morgan fingerprint density at radius 1 is 1.22 bits per heavy atom. The molecule has 0 amide bonds. The number of alkyl halides is 3. The number of aliphatic hydroxyl groups is 1. The first-order valence-electron chi connectivity index (χ1n) is 6.20. The average molecular weight is 270 g/mol. The summed E-state index contributed by atoms with van der Waals surface area (Å²) in [6, 6.07) is -1.19. The van der Waals surface area contributed by atoms with Gasteiger partial charge in [0.25, 0.3) is 0 Å². The van der Waals surface area contributed by atoms with Crippen LogP contribution in [0.2, 0.25) is 0 Å². The second-order valence-electron chi connectivity index (χ2n) is 5.73. The van der Waals surface area contributed by atoms with E-state index in [2.05, 4.69) is 0 Å². The first kappa shape index (κ1) is 17.7. The molecule has 110 valence electrons. The van der Waals surface area contributed by atoms with Gasteiger partial charge in [0, 0.05) is 12.1 Å². The van der Waals surface area contributed by atoms with Gasteiger partial charge in [0.1, 0.15) is 0 Å². The van der Waals surface area contributed by atoms with Gasteiger partial charge in [0.2, 0.25) is 0 Å². The lowest BCUT2D eigenvalue weighted by molar-refractivity contribution is -0.155. The molecule has 0 saturated heterocycles. The molecule has 0 fully saturated rings. The smallest absolute Gasteiger partial charge is 0.395 e. The third-order valence-corrected chi connectivity index (χ3v) is 2.96. The average Bonchev–Trinajstić information content (AvgIpc) is 2.15. The number of rotatable bonds is 6. The van der Waals surface area contributed by atoms with Crippen molar-refractivity contribution in [1.29, 1.82) is 0 Å². The summed E-state index contributed by atoms with van der Waals surface area (Å²) in [5.41, 5.74) is 5.63. The monoisotopic (exact) mass is 270 g/mol. The molecule has 6 heteroatoms. The molecule has 0 spiro atoms. The summed E-state index contributed by atoms with van der Waals surface area (Å²) >= 11 is 0. The Kier molecular flexibility index (Phi) is 6.60. The molecule has 0 aromatic heterocycles. The maximum Gasteiger partial charge on any atom is 0.401 e. The number of hydrogen-bond donors (Lipinski definition) is 2. The fourth-order valence-electron chi connectivity index (χ4n) is 1.91. The van der Waals surface area contributed by atoms with Crippen LogP contribution in [0, 0.1) is 5.41 Å². The van der Waals surface area contributed by atoms with Gasteiger partial charge in [0.05, 0.1) is 13.2 Å². The van der Waals surface area contributed by atoms with Crippen molar-refractivity contribution in [2.45, 2.75) is 52.4 Å². The number of aliphatic hydroxyl groups excluding tert-OH is 1. The summed E-state index contributed by atoms with van der Waals surface area (Å²) in [6.07, 6.45) is -3.69. The Bertz CT molecular complexity index is 238. The van der Waals surface area contributed by atoms with Crippen molar-refractivity contribution in [3.05, 3.63) is 0 Å². The Morgan fingerprint density at radius 3 is 2.00 bits per heavy atom. The topological polar surface area (TPSA) is 49.5 Å². The van der Waals surface area contributed by atoms with E-state index < -0.39 is 24.8 Å². The second kappa shape index (κ2) is 6.73. The zero-order chi connectivity index (χ0) is 14.6. The third kappa shape index (κ3) is 6.02. The predicted molar refractivity (Wildman–Crippen MR) is 66.2 cm³/mol. The summed E-state index contributed by atoms with van der Waals surface area (Å²) in [5, 5.41) is 9.36.